The summed E-state index contributed by atoms with van der Waals surface area (Å²) >= 11 is 3.45. The zero-order valence-electron chi connectivity index (χ0n) is 15.4. The van der Waals surface area contributed by atoms with E-state index in [0.29, 0.717) is 13.1 Å². The predicted octanol–water partition coefficient (Wildman–Crippen LogP) is 3.80. The Morgan fingerprint density at radius 3 is 2.68 bits per heavy atom. The minimum atomic E-state index is -0.580. The molecule has 0 aliphatic carbocycles. The fraction of sp³-hybridized carbons (Fsp3) is 0.238. The van der Waals surface area contributed by atoms with Crippen LogP contribution in [0.15, 0.2) is 56.1 Å². The third-order valence-corrected chi connectivity index (χ3v) is 5.37. The smallest absolute Gasteiger partial charge is 0.290 e. The highest BCUT2D eigenvalue weighted by Crippen LogP contribution is 2.38. The molecule has 0 saturated heterocycles. The van der Waals surface area contributed by atoms with Crippen LogP contribution in [0.25, 0.3) is 11.0 Å². The second-order valence-corrected chi connectivity index (χ2v) is 7.99. The van der Waals surface area contributed by atoms with Crippen molar-refractivity contribution in [1.82, 2.24) is 9.80 Å². The summed E-state index contributed by atoms with van der Waals surface area (Å²) < 4.78 is 20.4. The van der Waals surface area contributed by atoms with Gasteiger partial charge in [-0.25, -0.2) is 4.39 Å². The first kappa shape index (κ1) is 18.8. The van der Waals surface area contributed by atoms with Crippen LogP contribution >= 0.6 is 15.9 Å². The Morgan fingerprint density at radius 1 is 1.18 bits per heavy atom. The van der Waals surface area contributed by atoms with Gasteiger partial charge in [-0.15, -0.1) is 0 Å². The second-order valence-electron chi connectivity index (χ2n) is 7.07. The fourth-order valence-electron chi connectivity index (χ4n) is 3.55. The van der Waals surface area contributed by atoms with Gasteiger partial charge >= 0.3 is 0 Å². The summed E-state index contributed by atoms with van der Waals surface area (Å²) in [6.45, 7) is 1.06. The number of hydrogen-bond donors (Lipinski definition) is 0. The molecule has 7 heteroatoms. The zero-order valence-corrected chi connectivity index (χ0v) is 17.0. The quantitative estimate of drug-likeness (QED) is 0.613. The maximum atomic E-state index is 13.7. The molecule has 2 aromatic carbocycles. The van der Waals surface area contributed by atoms with E-state index in [2.05, 4.69) is 15.9 Å². The summed E-state index contributed by atoms with van der Waals surface area (Å²) in [7, 11) is 3.84. The van der Waals surface area contributed by atoms with Gasteiger partial charge in [-0.1, -0.05) is 28.1 Å². The first-order valence-corrected chi connectivity index (χ1v) is 9.63. The van der Waals surface area contributed by atoms with Gasteiger partial charge in [-0.05, 0) is 50.0 Å². The SMILES string of the molecule is CN(C)CCN1C(=O)c2oc3ccc(F)cc3c(=O)c2C1c1cccc(Br)c1. The Kier molecular flexibility index (Phi) is 4.81. The Balaban J connectivity index is 1.96. The summed E-state index contributed by atoms with van der Waals surface area (Å²) in [5.74, 6) is -0.814. The number of carbonyl (C=O) groups is 1. The van der Waals surface area contributed by atoms with Gasteiger partial charge in [0.05, 0.1) is 17.0 Å². The van der Waals surface area contributed by atoms with Crippen LogP contribution in [0.2, 0.25) is 0 Å². The highest BCUT2D eigenvalue weighted by atomic mass is 79.9. The maximum Gasteiger partial charge on any atom is 0.290 e. The lowest BCUT2D eigenvalue weighted by atomic mass is 9.98. The number of rotatable bonds is 4. The second kappa shape index (κ2) is 7.14. The molecule has 0 N–H and O–H groups in total. The highest BCUT2D eigenvalue weighted by molar-refractivity contribution is 9.10. The van der Waals surface area contributed by atoms with Crippen molar-refractivity contribution in [2.24, 2.45) is 0 Å². The van der Waals surface area contributed by atoms with E-state index in [4.69, 9.17) is 4.42 Å². The van der Waals surface area contributed by atoms with Crippen LogP contribution in [0, 0.1) is 5.82 Å². The van der Waals surface area contributed by atoms with E-state index in [1.54, 1.807) is 4.90 Å². The lowest BCUT2D eigenvalue weighted by Gasteiger charge is -2.26. The summed E-state index contributed by atoms with van der Waals surface area (Å²) in [6.07, 6.45) is 0. The lowest BCUT2D eigenvalue weighted by molar-refractivity contribution is 0.0716. The molecule has 1 unspecified atom stereocenters. The summed E-state index contributed by atoms with van der Waals surface area (Å²) in [6, 6.07) is 10.7. The van der Waals surface area contributed by atoms with Gasteiger partial charge in [0, 0.05) is 17.6 Å². The minimum Gasteiger partial charge on any atom is -0.450 e. The molecule has 0 fully saturated rings. The van der Waals surface area contributed by atoms with Crippen LogP contribution in [0.3, 0.4) is 0 Å². The first-order chi connectivity index (χ1) is 13.4. The van der Waals surface area contributed by atoms with Gasteiger partial charge in [0.1, 0.15) is 11.4 Å². The third kappa shape index (κ3) is 3.14. The van der Waals surface area contributed by atoms with Crippen LogP contribution in [-0.2, 0) is 0 Å². The van der Waals surface area contributed by atoms with Crippen molar-refractivity contribution in [1.29, 1.82) is 0 Å². The molecule has 144 valence electrons. The number of amides is 1. The molecule has 0 bridgehead atoms. The standard InChI is InChI=1S/C21H18BrFN2O3/c1-24(2)8-9-25-18(12-4-3-5-13(22)10-12)17-19(26)15-11-14(23)6-7-16(15)28-20(17)21(25)27/h3-7,10-11,18H,8-9H2,1-2H3. The number of nitrogens with zero attached hydrogens (tertiary/aromatic N) is 2. The molecule has 0 saturated carbocycles. The first-order valence-electron chi connectivity index (χ1n) is 8.84. The van der Waals surface area contributed by atoms with Gasteiger partial charge in [0.25, 0.3) is 5.91 Å². The Labute approximate surface area is 169 Å². The summed E-state index contributed by atoms with van der Waals surface area (Å²) in [4.78, 5) is 30.0. The van der Waals surface area contributed by atoms with Crippen molar-refractivity contribution in [2.75, 3.05) is 27.2 Å². The molecule has 1 atom stereocenters. The van der Waals surface area contributed by atoms with Crippen molar-refractivity contribution in [3.05, 3.63) is 79.9 Å². The van der Waals surface area contributed by atoms with E-state index in [1.807, 2.05) is 43.3 Å². The molecule has 1 aliphatic heterocycles. The lowest BCUT2D eigenvalue weighted by Crippen LogP contribution is -2.35. The Bertz CT molecular complexity index is 1140. The molecule has 1 aliphatic rings. The van der Waals surface area contributed by atoms with Gasteiger partial charge < -0.3 is 14.2 Å². The van der Waals surface area contributed by atoms with Crippen molar-refractivity contribution < 1.29 is 13.6 Å². The molecule has 5 nitrogen and oxygen atoms in total. The Morgan fingerprint density at radius 2 is 1.96 bits per heavy atom. The number of fused-ring (bicyclic) bond motifs is 2. The van der Waals surface area contributed by atoms with E-state index >= 15 is 0 Å². The number of hydrogen-bond acceptors (Lipinski definition) is 4. The molecule has 1 aromatic heterocycles. The van der Waals surface area contributed by atoms with Crippen molar-refractivity contribution in [3.8, 4) is 0 Å². The topological polar surface area (TPSA) is 53.8 Å². The van der Waals surface area contributed by atoms with E-state index in [1.165, 1.54) is 12.1 Å². The normalized spacial score (nSPS) is 16.2. The van der Waals surface area contributed by atoms with Crippen LogP contribution in [0.4, 0.5) is 4.39 Å². The number of carbonyl (C=O) groups excluding carboxylic acids is 1. The van der Waals surface area contributed by atoms with Gasteiger partial charge in [0.2, 0.25) is 5.76 Å². The largest absolute Gasteiger partial charge is 0.450 e. The molecule has 0 radical (unpaired) electrons. The Hall–Kier alpha value is -2.51. The number of likely N-dealkylation sites (N-methyl/N-ethyl adjacent to an activating group) is 1. The van der Waals surface area contributed by atoms with Gasteiger partial charge in [0.15, 0.2) is 5.43 Å². The average Bonchev–Trinajstić information content (AvgIpc) is 2.93. The van der Waals surface area contributed by atoms with Crippen molar-refractivity contribution >= 4 is 32.8 Å². The summed E-state index contributed by atoms with van der Waals surface area (Å²) in [5, 5.41) is 0.140. The molecule has 1 amide bonds. The van der Waals surface area contributed by atoms with Crippen LogP contribution in [-0.4, -0.2) is 42.9 Å². The zero-order chi connectivity index (χ0) is 20.0. The number of halogens is 2. The maximum absolute atomic E-state index is 13.7. The fourth-order valence-corrected chi connectivity index (χ4v) is 3.97. The molecule has 28 heavy (non-hydrogen) atoms. The molecular weight excluding hydrogens is 427 g/mol. The minimum absolute atomic E-state index is 0.0350. The predicted molar refractivity (Wildman–Crippen MR) is 108 cm³/mol. The van der Waals surface area contributed by atoms with E-state index in [9.17, 15) is 14.0 Å². The molecular formula is C21H18BrFN2O3. The van der Waals surface area contributed by atoms with Crippen molar-refractivity contribution in [3.63, 3.8) is 0 Å². The molecule has 2 heterocycles. The van der Waals surface area contributed by atoms with Gasteiger partial charge in [-0.2, -0.15) is 0 Å². The molecule has 4 rings (SSSR count). The summed E-state index contributed by atoms with van der Waals surface area (Å²) in [5.41, 5.74) is 0.894. The van der Waals surface area contributed by atoms with Crippen LogP contribution in [0.1, 0.15) is 27.7 Å². The monoisotopic (exact) mass is 444 g/mol. The van der Waals surface area contributed by atoms with E-state index in [0.717, 1.165) is 16.1 Å². The number of benzene rings is 2. The molecule has 0 spiro atoms. The van der Waals surface area contributed by atoms with E-state index < -0.39 is 11.9 Å². The van der Waals surface area contributed by atoms with Crippen LogP contribution in [0.5, 0.6) is 0 Å². The molecule has 3 aromatic rings. The van der Waals surface area contributed by atoms with E-state index in [-0.39, 0.29) is 33.6 Å². The van der Waals surface area contributed by atoms with Gasteiger partial charge in [-0.3, -0.25) is 9.59 Å². The van der Waals surface area contributed by atoms with Crippen LogP contribution < -0.4 is 5.43 Å². The highest BCUT2D eigenvalue weighted by Gasteiger charge is 2.42. The van der Waals surface area contributed by atoms with Crippen molar-refractivity contribution in [2.45, 2.75) is 6.04 Å². The third-order valence-electron chi connectivity index (χ3n) is 4.88. The average molecular weight is 445 g/mol.